The van der Waals surface area contributed by atoms with Crippen molar-refractivity contribution in [3.8, 4) is 6.07 Å². The van der Waals surface area contributed by atoms with Crippen LogP contribution in [0.1, 0.15) is 34.4 Å². The third-order valence-electron chi connectivity index (χ3n) is 6.29. The molecule has 1 unspecified atom stereocenters. The van der Waals surface area contributed by atoms with Crippen LogP contribution in [-0.2, 0) is 6.54 Å². The van der Waals surface area contributed by atoms with Crippen LogP contribution in [0.2, 0.25) is 0 Å². The van der Waals surface area contributed by atoms with Crippen LogP contribution >= 0.6 is 0 Å². The molecule has 1 saturated heterocycles. The number of nitrogens with zero attached hydrogens (tertiary/aromatic N) is 4. The highest BCUT2D eigenvalue weighted by Crippen LogP contribution is 2.31. The lowest BCUT2D eigenvalue weighted by Gasteiger charge is -2.14. The largest absolute Gasteiger partial charge is 0.392 e. The van der Waals surface area contributed by atoms with Gasteiger partial charge in [0.15, 0.2) is 0 Å². The second-order valence-electron chi connectivity index (χ2n) is 8.67. The van der Waals surface area contributed by atoms with Crippen LogP contribution in [0.5, 0.6) is 0 Å². The molecule has 7 heteroatoms. The number of aromatic nitrogens is 3. The molecule has 0 saturated carbocycles. The van der Waals surface area contributed by atoms with Crippen molar-refractivity contribution in [1.29, 1.82) is 5.26 Å². The molecule has 1 fully saturated rings. The van der Waals surface area contributed by atoms with Gasteiger partial charge in [-0.15, -0.1) is 0 Å². The number of rotatable bonds is 6. The van der Waals surface area contributed by atoms with Crippen LogP contribution in [-0.4, -0.2) is 44.2 Å². The standard InChI is InChI=1S/C27H26N6O/c1-18-24-8-10-30-26(24)7-6-25(18)32-27-20(14-29-15-21(27)12-28)3-5-22-4-2-19(13-31-22)16-33-11-9-23(34)17-33/h2-8,10,13-15,23,30,34H,9,11,16-17H2,1H3,(H,29,32). The van der Waals surface area contributed by atoms with Crippen LogP contribution in [0, 0.1) is 18.3 Å². The molecule has 0 bridgehead atoms. The number of pyridine rings is 2. The van der Waals surface area contributed by atoms with Gasteiger partial charge in [-0.25, -0.2) is 0 Å². The van der Waals surface area contributed by atoms with Gasteiger partial charge in [0, 0.05) is 66.6 Å². The monoisotopic (exact) mass is 450 g/mol. The van der Waals surface area contributed by atoms with Gasteiger partial charge in [0.05, 0.1) is 23.0 Å². The van der Waals surface area contributed by atoms with E-state index in [4.69, 9.17) is 0 Å². The summed E-state index contributed by atoms with van der Waals surface area (Å²) in [5, 5.41) is 24.0. The van der Waals surface area contributed by atoms with Gasteiger partial charge in [-0.2, -0.15) is 5.26 Å². The van der Waals surface area contributed by atoms with E-state index in [1.165, 1.54) is 0 Å². The Kier molecular flexibility index (Phi) is 6.09. The number of aliphatic hydroxyl groups is 1. The number of hydrogen-bond acceptors (Lipinski definition) is 6. The summed E-state index contributed by atoms with van der Waals surface area (Å²) < 4.78 is 0. The number of aromatic amines is 1. The summed E-state index contributed by atoms with van der Waals surface area (Å²) in [5.74, 6) is 0. The van der Waals surface area contributed by atoms with Gasteiger partial charge in [-0.3, -0.25) is 14.9 Å². The summed E-state index contributed by atoms with van der Waals surface area (Å²) >= 11 is 0. The van der Waals surface area contributed by atoms with E-state index in [9.17, 15) is 10.4 Å². The molecule has 0 spiro atoms. The van der Waals surface area contributed by atoms with E-state index < -0.39 is 0 Å². The second-order valence-corrected chi connectivity index (χ2v) is 8.67. The Morgan fingerprint density at radius 2 is 2.12 bits per heavy atom. The van der Waals surface area contributed by atoms with Gasteiger partial charge in [0.1, 0.15) is 6.07 Å². The molecule has 0 radical (unpaired) electrons. The smallest absolute Gasteiger partial charge is 0.103 e. The SMILES string of the molecule is Cc1c(Nc2c(C#N)cncc2C=Cc2ccc(CN3CCC(O)C3)cn2)ccc2[nH]ccc12. The summed E-state index contributed by atoms with van der Waals surface area (Å²) in [6.45, 7) is 4.49. The minimum absolute atomic E-state index is 0.218. The first-order valence-electron chi connectivity index (χ1n) is 11.4. The lowest BCUT2D eigenvalue weighted by molar-refractivity contribution is 0.174. The van der Waals surface area contributed by atoms with E-state index in [2.05, 4.69) is 50.3 Å². The lowest BCUT2D eigenvalue weighted by Crippen LogP contribution is -2.21. The number of H-pyrrole nitrogens is 1. The first-order valence-corrected chi connectivity index (χ1v) is 11.4. The predicted octanol–water partition coefficient (Wildman–Crippen LogP) is 4.62. The Labute approximate surface area is 198 Å². The molecule has 1 aliphatic heterocycles. The zero-order valence-electron chi connectivity index (χ0n) is 19.0. The van der Waals surface area contributed by atoms with Crippen LogP contribution in [0.4, 0.5) is 11.4 Å². The van der Waals surface area contributed by atoms with Crippen molar-refractivity contribution in [1.82, 2.24) is 19.9 Å². The summed E-state index contributed by atoms with van der Waals surface area (Å²) in [6, 6.07) is 12.4. The number of fused-ring (bicyclic) bond motifs is 1. The fourth-order valence-corrected chi connectivity index (χ4v) is 4.40. The van der Waals surface area contributed by atoms with Crippen LogP contribution in [0.25, 0.3) is 23.1 Å². The molecule has 4 heterocycles. The molecule has 3 aromatic heterocycles. The van der Waals surface area contributed by atoms with Crippen molar-refractivity contribution < 1.29 is 5.11 Å². The average molecular weight is 451 g/mol. The highest BCUT2D eigenvalue weighted by Gasteiger charge is 2.19. The number of aliphatic hydroxyl groups excluding tert-OH is 1. The second kappa shape index (κ2) is 9.48. The average Bonchev–Trinajstić information content (AvgIpc) is 3.50. The van der Waals surface area contributed by atoms with E-state index >= 15 is 0 Å². The molecule has 170 valence electrons. The minimum Gasteiger partial charge on any atom is -0.392 e. The Morgan fingerprint density at radius 1 is 1.21 bits per heavy atom. The predicted molar refractivity (Wildman–Crippen MR) is 134 cm³/mol. The molecular formula is C27H26N6O. The normalized spacial score (nSPS) is 16.3. The van der Waals surface area contributed by atoms with Crippen LogP contribution in [0.15, 0.2) is 55.1 Å². The third kappa shape index (κ3) is 4.55. The molecule has 1 aliphatic rings. The number of anilines is 2. The van der Waals surface area contributed by atoms with Crippen molar-refractivity contribution in [2.24, 2.45) is 0 Å². The van der Waals surface area contributed by atoms with Crippen molar-refractivity contribution in [3.63, 3.8) is 0 Å². The zero-order valence-corrected chi connectivity index (χ0v) is 19.0. The first-order chi connectivity index (χ1) is 16.6. The Bertz CT molecular complexity index is 1380. The van der Waals surface area contributed by atoms with Crippen LogP contribution in [0.3, 0.4) is 0 Å². The van der Waals surface area contributed by atoms with E-state index in [-0.39, 0.29) is 6.10 Å². The molecule has 5 rings (SSSR count). The van der Waals surface area contributed by atoms with E-state index in [0.29, 0.717) is 5.56 Å². The van der Waals surface area contributed by atoms with Gasteiger partial charge in [0.25, 0.3) is 0 Å². The summed E-state index contributed by atoms with van der Waals surface area (Å²) in [5.41, 5.74) is 7.08. The van der Waals surface area contributed by atoms with Gasteiger partial charge in [-0.05, 0) is 60.9 Å². The summed E-state index contributed by atoms with van der Waals surface area (Å²) in [7, 11) is 0. The molecule has 0 amide bonds. The maximum atomic E-state index is 9.71. The van der Waals surface area contributed by atoms with Gasteiger partial charge in [-0.1, -0.05) is 6.07 Å². The molecule has 7 nitrogen and oxygen atoms in total. The number of nitrogens with one attached hydrogen (secondary N) is 2. The van der Waals surface area contributed by atoms with Crippen molar-refractivity contribution in [3.05, 3.63) is 83.1 Å². The van der Waals surface area contributed by atoms with E-state index in [1.54, 1.807) is 12.4 Å². The Balaban J connectivity index is 1.37. The van der Waals surface area contributed by atoms with Crippen LogP contribution < -0.4 is 5.32 Å². The number of nitriles is 1. The number of hydrogen-bond donors (Lipinski definition) is 3. The number of aryl methyl sites for hydroxylation is 1. The van der Waals surface area contributed by atoms with E-state index in [1.807, 2.05) is 42.7 Å². The number of β-amino-alcohol motifs (C(OH)–C–C–N with tert-alkyl or cyclic N) is 1. The first kappa shape index (κ1) is 21.8. The summed E-state index contributed by atoms with van der Waals surface area (Å²) in [4.78, 5) is 14.3. The maximum absolute atomic E-state index is 9.71. The highest BCUT2D eigenvalue weighted by molar-refractivity contribution is 5.90. The van der Waals surface area contributed by atoms with Gasteiger partial charge in [0.2, 0.25) is 0 Å². The van der Waals surface area contributed by atoms with E-state index in [0.717, 1.165) is 70.7 Å². The molecule has 0 aliphatic carbocycles. The molecule has 34 heavy (non-hydrogen) atoms. The van der Waals surface area contributed by atoms with Crippen molar-refractivity contribution in [2.75, 3.05) is 18.4 Å². The zero-order chi connectivity index (χ0) is 23.5. The Morgan fingerprint density at radius 3 is 2.88 bits per heavy atom. The maximum Gasteiger partial charge on any atom is 0.103 e. The molecule has 1 aromatic carbocycles. The lowest BCUT2D eigenvalue weighted by atomic mass is 10.1. The fraction of sp³-hybridized carbons (Fsp3) is 0.222. The number of likely N-dealkylation sites (tertiary alicyclic amines) is 1. The topological polar surface area (TPSA) is 101 Å². The highest BCUT2D eigenvalue weighted by atomic mass is 16.3. The molecular weight excluding hydrogens is 424 g/mol. The minimum atomic E-state index is -0.218. The quantitative estimate of drug-likeness (QED) is 0.396. The van der Waals surface area contributed by atoms with Crippen molar-refractivity contribution >= 4 is 34.4 Å². The van der Waals surface area contributed by atoms with Gasteiger partial charge >= 0.3 is 0 Å². The Hall–Kier alpha value is -3.99. The molecule has 4 aromatic rings. The summed E-state index contributed by atoms with van der Waals surface area (Å²) in [6.07, 6.45) is 11.6. The number of benzene rings is 1. The molecule has 3 N–H and O–H groups in total. The fourth-order valence-electron chi connectivity index (χ4n) is 4.40. The molecule has 1 atom stereocenters. The third-order valence-corrected chi connectivity index (χ3v) is 6.29. The van der Waals surface area contributed by atoms with Gasteiger partial charge < -0.3 is 15.4 Å². The van der Waals surface area contributed by atoms with Crippen molar-refractivity contribution in [2.45, 2.75) is 26.0 Å².